The number of aliphatic hydroxyl groups is 1. The topological polar surface area (TPSA) is 116 Å². The van der Waals surface area contributed by atoms with Crippen molar-refractivity contribution in [2.24, 2.45) is 5.92 Å². The Morgan fingerprint density at radius 3 is 2.18 bits per heavy atom. The highest BCUT2D eigenvalue weighted by Gasteiger charge is 2.52. The zero-order valence-electron chi connectivity index (χ0n) is 18.8. The maximum Gasteiger partial charge on any atom is 0.407 e. The molecule has 0 spiro atoms. The first kappa shape index (κ1) is 22.4. The van der Waals surface area contributed by atoms with Crippen LogP contribution in [-0.2, 0) is 14.3 Å². The SMILES string of the molecule is O=C(N[C@H]1CCCC[C@H]1C(=O)N1CC(O)(C(=O)O)C1)OCC1c2ccccc2-c2ccccc21. The molecule has 1 saturated carbocycles. The third kappa shape index (κ3) is 3.92. The average Bonchev–Trinajstić information content (AvgIpc) is 3.14. The fourth-order valence-corrected chi connectivity index (χ4v) is 5.50. The minimum Gasteiger partial charge on any atom is -0.479 e. The van der Waals surface area contributed by atoms with Crippen molar-refractivity contribution in [3.05, 3.63) is 59.7 Å². The number of nitrogens with one attached hydrogen (secondary N) is 1. The highest BCUT2D eigenvalue weighted by Crippen LogP contribution is 2.44. The molecule has 2 fully saturated rings. The normalized spacial score (nSPS) is 22.8. The van der Waals surface area contributed by atoms with Crippen molar-refractivity contribution in [2.75, 3.05) is 19.7 Å². The van der Waals surface area contributed by atoms with Crippen molar-refractivity contribution in [3.8, 4) is 11.1 Å². The van der Waals surface area contributed by atoms with Gasteiger partial charge in [-0.05, 0) is 35.1 Å². The molecule has 2 amide bonds. The maximum absolute atomic E-state index is 13.0. The summed E-state index contributed by atoms with van der Waals surface area (Å²) in [7, 11) is 0. The van der Waals surface area contributed by atoms with Crippen LogP contribution in [0.2, 0.25) is 0 Å². The second-order valence-corrected chi connectivity index (χ2v) is 9.50. The maximum atomic E-state index is 13.0. The number of hydrogen-bond acceptors (Lipinski definition) is 5. The summed E-state index contributed by atoms with van der Waals surface area (Å²) in [5.74, 6) is -2.05. The highest BCUT2D eigenvalue weighted by atomic mass is 16.5. The Kier molecular flexibility index (Phi) is 5.77. The molecule has 178 valence electrons. The number of ether oxygens (including phenoxy) is 1. The molecule has 5 rings (SSSR count). The first-order valence-corrected chi connectivity index (χ1v) is 11.7. The van der Waals surface area contributed by atoms with Crippen molar-refractivity contribution < 1.29 is 29.3 Å². The molecule has 0 radical (unpaired) electrons. The van der Waals surface area contributed by atoms with Crippen LogP contribution in [0.3, 0.4) is 0 Å². The fourth-order valence-electron chi connectivity index (χ4n) is 5.50. The van der Waals surface area contributed by atoms with Gasteiger partial charge in [0, 0.05) is 12.0 Å². The Balaban J connectivity index is 1.21. The summed E-state index contributed by atoms with van der Waals surface area (Å²) in [6, 6.07) is 15.9. The predicted octanol–water partition coefficient (Wildman–Crippen LogP) is 2.74. The lowest BCUT2D eigenvalue weighted by Gasteiger charge is -2.46. The van der Waals surface area contributed by atoms with Gasteiger partial charge >= 0.3 is 12.1 Å². The Morgan fingerprint density at radius 2 is 1.56 bits per heavy atom. The van der Waals surface area contributed by atoms with Gasteiger partial charge in [-0.15, -0.1) is 0 Å². The van der Waals surface area contributed by atoms with Gasteiger partial charge in [0.2, 0.25) is 5.91 Å². The summed E-state index contributed by atoms with van der Waals surface area (Å²) >= 11 is 0. The van der Waals surface area contributed by atoms with E-state index in [-0.39, 0.29) is 37.6 Å². The fraction of sp³-hybridized carbons (Fsp3) is 0.423. The van der Waals surface area contributed by atoms with Crippen molar-refractivity contribution >= 4 is 18.0 Å². The van der Waals surface area contributed by atoms with E-state index in [1.165, 1.54) is 4.90 Å². The van der Waals surface area contributed by atoms with Crippen LogP contribution in [0.1, 0.15) is 42.7 Å². The summed E-state index contributed by atoms with van der Waals surface area (Å²) in [6.45, 7) is -0.256. The lowest BCUT2D eigenvalue weighted by molar-refractivity contribution is -0.184. The van der Waals surface area contributed by atoms with Gasteiger partial charge < -0.3 is 25.2 Å². The number of β-amino-alcohol motifs (C(OH)–C–C–N with tert-alkyl or cyclic N) is 1. The molecular formula is C26H28N2O6. The summed E-state index contributed by atoms with van der Waals surface area (Å²) < 4.78 is 5.64. The van der Waals surface area contributed by atoms with Crippen LogP contribution in [-0.4, -0.2) is 64.4 Å². The lowest BCUT2D eigenvalue weighted by atomic mass is 9.82. The van der Waals surface area contributed by atoms with Gasteiger partial charge in [0.1, 0.15) is 6.61 Å². The number of carboxylic acid groups (broad SMARTS) is 1. The van der Waals surface area contributed by atoms with Gasteiger partial charge in [-0.1, -0.05) is 61.4 Å². The minimum absolute atomic E-state index is 0.0447. The van der Waals surface area contributed by atoms with Crippen LogP contribution in [0.4, 0.5) is 4.79 Å². The Labute approximate surface area is 197 Å². The summed E-state index contributed by atoms with van der Waals surface area (Å²) in [4.78, 5) is 38.2. The Morgan fingerprint density at radius 1 is 0.971 bits per heavy atom. The van der Waals surface area contributed by atoms with E-state index in [4.69, 9.17) is 9.84 Å². The number of likely N-dealkylation sites (tertiary alicyclic amines) is 1. The molecule has 1 saturated heterocycles. The van der Waals surface area contributed by atoms with Gasteiger partial charge in [-0.3, -0.25) is 4.79 Å². The standard InChI is InChI=1S/C26H28N2O6/c29-23(28-14-26(33,15-28)24(30)31)20-11-5-6-12-22(20)27-25(32)34-13-21-18-9-3-1-7-16(18)17-8-2-4-10-19(17)21/h1-4,7-10,20-22,33H,5-6,11-15H2,(H,27,32)(H,30,31)/t20-,22+/m1/s1. The van der Waals surface area contributed by atoms with Crippen LogP contribution in [0.25, 0.3) is 11.1 Å². The molecule has 2 atom stereocenters. The zero-order chi connectivity index (χ0) is 23.9. The van der Waals surface area contributed by atoms with E-state index in [0.29, 0.717) is 12.8 Å². The molecule has 0 aromatic heterocycles. The number of alkyl carbamates (subject to hydrolysis) is 1. The smallest absolute Gasteiger partial charge is 0.407 e. The number of carbonyl (C=O) groups excluding carboxylic acids is 2. The minimum atomic E-state index is -1.87. The first-order valence-electron chi connectivity index (χ1n) is 11.7. The van der Waals surface area contributed by atoms with Crippen LogP contribution in [0, 0.1) is 5.92 Å². The molecule has 3 N–H and O–H groups in total. The molecule has 3 aliphatic rings. The first-order chi connectivity index (χ1) is 16.4. The van der Waals surface area contributed by atoms with E-state index >= 15 is 0 Å². The van der Waals surface area contributed by atoms with Gasteiger partial charge in [-0.2, -0.15) is 0 Å². The van der Waals surface area contributed by atoms with E-state index < -0.39 is 23.6 Å². The molecule has 1 aliphatic heterocycles. The molecule has 0 bridgehead atoms. The molecule has 1 heterocycles. The number of nitrogens with zero attached hydrogens (tertiary/aromatic N) is 1. The van der Waals surface area contributed by atoms with Crippen LogP contribution >= 0.6 is 0 Å². The summed E-state index contributed by atoms with van der Waals surface area (Å²) in [5.41, 5.74) is 2.69. The van der Waals surface area contributed by atoms with Crippen LogP contribution in [0.15, 0.2) is 48.5 Å². The molecule has 8 heteroatoms. The molecule has 8 nitrogen and oxygen atoms in total. The van der Waals surface area contributed by atoms with Crippen LogP contribution < -0.4 is 5.32 Å². The van der Waals surface area contributed by atoms with E-state index in [1.54, 1.807) is 0 Å². The second-order valence-electron chi connectivity index (χ2n) is 9.50. The second kappa shape index (κ2) is 8.76. The van der Waals surface area contributed by atoms with Gasteiger partial charge in [-0.25, -0.2) is 9.59 Å². The van der Waals surface area contributed by atoms with Gasteiger partial charge in [0.05, 0.1) is 19.0 Å². The molecule has 34 heavy (non-hydrogen) atoms. The number of amides is 2. The number of fused-ring (bicyclic) bond motifs is 3. The Hall–Kier alpha value is -3.39. The predicted molar refractivity (Wildman–Crippen MR) is 123 cm³/mol. The van der Waals surface area contributed by atoms with Crippen LogP contribution in [0.5, 0.6) is 0 Å². The van der Waals surface area contributed by atoms with Crippen molar-refractivity contribution in [1.82, 2.24) is 10.2 Å². The number of hydrogen-bond donors (Lipinski definition) is 3. The van der Waals surface area contributed by atoms with Crippen molar-refractivity contribution in [3.63, 3.8) is 0 Å². The Bertz CT molecular complexity index is 1080. The number of carboxylic acids is 1. The van der Waals surface area contributed by atoms with E-state index in [1.807, 2.05) is 24.3 Å². The lowest BCUT2D eigenvalue weighted by Crippen LogP contribution is -2.69. The monoisotopic (exact) mass is 464 g/mol. The van der Waals surface area contributed by atoms with E-state index in [9.17, 15) is 19.5 Å². The summed E-state index contributed by atoms with van der Waals surface area (Å²) in [5, 5.41) is 21.9. The third-order valence-electron chi connectivity index (χ3n) is 7.34. The number of carbonyl (C=O) groups is 3. The number of rotatable bonds is 5. The molecular weight excluding hydrogens is 436 g/mol. The third-order valence-corrected chi connectivity index (χ3v) is 7.34. The van der Waals surface area contributed by atoms with Gasteiger partial charge in [0.15, 0.2) is 5.60 Å². The quantitative estimate of drug-likeness (QED) is 0.627. The van der Waals surface area contributed by atoms with Crippen molar-refractivity contribution in [1.29, 1.82) is 0 Å². The van der Waals surface area contributed by atoms with E-state index in [0.717, 1.165) is 35.1 Å². The van der Waals surface area contributed by atoms with Crippen molar-refractivity contribution in [2.45, 2.75) is 43.2 Å². The largest absolute Gasteiger partial charge is 0.479 e. The average molecular weight is 465 g/mol. The molecule has 2 aromatic carbocycles. The number of benzene rings is 2. The van der Waals surface area contributed by atoms with E-state index in [2.05, 4.69) is 29.6 Å². The zero-order valence-corrected chi connectivity index (χ0v) is 18.8. The summed E-state index contributed by atoms with van der Waals surface area (Å²) in [6.07, 6.45) is 2.44. The number of aliphatic carboxylic acids is 1. The molecule has 0 unspecified atom stereocenters. The molecule has 2 aromatic rings. The highest BCUT2D eigenvalue weighted by molar-refractivity contribution is 5.87. The van der Waals surface area contributed by atoms with Gasteiger partial charge in [0.25, 0.3) is 0 Å². The molecule has 2 aliphatic carbocycles.